The van der Waals surface area contributed by atoms with Gasteiger partial charge < -0.3 is 10.4 Å². The standard InChI is InChI=1S/C13H18N4O4/c1-8(6-12(19)20)5-11(18)17-13(21)15-7-10-3-4-14-9(2)16-10/h3-4,8H,5-7H2,1-2H3,(H,19,20)(H2,15,17,18,21). The smallest absolute Gasteiger partial charge is 0.321 e. The lowest BCUT2D eigenvalue weighted by atomic mass is 10.0. The fraction of sp³-hybridized carbons (Fsp3) is 0.462. The quantitative estimate of drug-likeness (QED) is 0.706. The van der Waals surface area contributed by atoms with Gasteiger partial charge >= 0.3 is 12.0 Å². The Morgan fingerprint density at radius 1 is 1.33 bits per heavy atom. The number of hydrogen-bond donors (Lipinski definition) is 3. The van der Waals surface area contributed by atoms with E-state index in [1.807, 2.05) is 0 Å². The van der Waals surface area contributed by atoms with Crippen molar-refractivity contribution < 1.29 is 19.5 Å². The number of imide groups is 1. The van der Waals surface area contributed by atoms with E-state index in [4.69, 9.17) is 5.11 Å². The van der Waals surface area contributed by atoms with Crippen molar-refractivity contribution in [1.29, 1.82) is 0 Å². The summed E-state index contributed by atoms with van der Waals surface area (Å²) < 4.78 is 0. The van der Waals surface area contributed by atoms with Crippen LogP contribution in [0.25, 0.3) is 0 Å². The van der Waals surface area contributed by atoms with Gasteiger partial charge in [-0.3, -0.25) is 14.9 Å². The molecule has 1 heterocycles. The van der Waals surface area contributed by atoms with E-state index in [2.05, 4.69) is 20.6 Å². The van der Waals surface area contributed by atoms with Crippen LogP contribution in [-0.4, -0.2) is 33.0 Å². The second kappa shape index (κ2) is 7.93. The van der Waals surface area contributed by atoms with Gasteiger partial charge in [-0.15, -0.1) is 0 Å². The van der Waals surface area contributed by atoms with Gasteiger partial charge in [0.25, 0.3) is 0 Å². The van der Waals surface area contributed by atoms with Crippen LogP contribution in [0.4, 0.5) is 4.79 Å². The molecule has 0 saturated heterocycles. The number of carbonyl (C=O) groups is 3. The van der Waals surface area contributed by atoms with Crippen LogP contribution in [0.15, 0.2) is 12.3 Å². The van der Waals surface area contributed by atoms with Crippen molar-refractivity contribution in [2.24, 2.45) is 5.92 Å². The third-order valence-electron chi connectivity index (χ3n) is 2.57. The molecule has 0 bridgehead atoms. The molecule has 0 radical (unpaired) electrons. The van der Waals surface area contributed by atoms with Crippen molar-refractivity contribution >= 4 is 17.9 Å². The summed E-state index contributed by atoms with van der Waals surface area (Å²) in [7, 11) is 0. The third kappa shape index (κ3) is 7.00. The molecule has 0 fully saturated rings. The van der Waals surface area contributed by atoms with Gasteiger partial charge in [-0.05, 0) is 18.9 Å². The highest BCUT2D eigenvalue weighted by molar-refractivity contribution is 5.94. The highest BCUT2D eigenvalue weighted by atomic mass is 16.4. The van der Waals surface area contributed by atoms with Gasteiger partial charge in [-0.2, -0.15) is 0 Å². The van der Waals surface area contributed by atoms with Crippen molar-refractivity contribution in [1.82, 2.24) is 20.6 Å². The van der Waals surface area contributed by atoms with Crippen LogP contribution >= 0.6 is 0 Å². The Morgan fingerprint density at radius 3 is 2.67 bits per heavy atom. The average Bonchev–Trinajstić information content (AvgIpc) is 2.35. The number of aryl methyl sites for hydroxylation is 1. The van der Waals surface area contributed by atoms with E-state index >= 15 is 0 Å². The van der Waals surface area contributed by atoms with Gasteiger partial charge in [0.2, 0.25) is 5.91 Å². The van der Waals surface area contributed by atoms with Crippen molar-refractivity contribution in [3.05, 3.63) is 23.8 Å². The van der Waals surface area contributed by atoms with E-state index in [1.54, 1.807) is 26.1 Å². The van der Waals surface area contributed by atoms with Crippen molar-refractivity contribution in [3.8, 4) is 0 Å². The van der Waals surface area contributed by atoms with Crippen LogP contribution in [0.2, 0.25) is 0 Å². The second-order valence-corrected chi connectivity index (χ2v) is 4.73. The van der Waals surface area contributed by atoms with Crippen molar-refractivity contribution in [3.63, 3.8) is 0 Å². The minimum Gasteiger partial charge on any atom is -0.481 e. The number of nitrogens with one attached hydrogen (secondary N) is 2. The summed E-state index contributed by atoms with van der Waals surface area (Å²) in [6, 6.07) is 1.02. The predicted molar refractivity (Wildman–Crippen MR) is 73.2 cm³/mol. The topological polar surface area (TPSA) is 121 Å². The molecule has 114 valence electrons. The van der Waals surface area contributed by atoms with E-state index in [9.17, 15) is 14.4 Å². The maximum absolute atomic E-state index is 11.5. The zero-order chi connectivity index (χ0) is 15.8. The van der Waals surface area contributed by atoms with Crippen molar-refractivity contribution in [2.45, 2.75) is 33.2 Å². The van der Waals surface area contributed by atoms with Gasteiger partial charge in [0, 0.05) is 19.0 Å². The number of urea groups is 1. The number of carboxylic acid groups (broad SMARTS) is 1. The van der Waals surface area contributed by atoms with Crippen LogP contribution in [0.1, 0.15) is 31.3 Å². The molecule has 1 aromatic rings. The summed E-state index contributed by atoms with van der Waals surface area (Å²) in [5.74, 6) is -1.23. The molecular formula is C13H18N4O4. The first-order chi connectivity index (χ1) is 9.86. The highest BCUT2D eigenvalue weighted by Gasteiger charge is 2.14. The molecule has 0 aliphatic carbocycles. The van der Waals surface area contributed by atoms with E-state index in [-0.39, 0.29) is 25.3 Å². The molecule has 3 N–H and O–H groups in total. The molecule has 1 aromatic heterocycles. The molecule has 21 heavy (non-hydrogen) atoms. The van der Waals surface area contributed by atoms with Crippen LogP contribution in [0, 0.1) is 12.8 Å². The summed E-state index contributed by atoms with van der Waals surface area (Å²) in [5, 5.41) is 13.2. The molecule has 3 amide bonds. The van der Waals surface area contributed by atoms with Gasteiger partial charge in [-0.1, -0.05) is 6.92 Å². The Balaban J connectivity index is 2.33. The zero-order valence-corrected chi connectivity index (χ0v) is 11.9. The molecule has 1 atom stereocenters. The first kappa shape index (κ1) is 16.5. The predicted octanol–water partition coefficient (Wildman–Crippen LogP) is 0.612. The van der Waals surface area contributed by atoms with Crippen molar-refractivity contribution in [2.75, 3.05) is 0 Å². The monoisotopic (exact) mass is 294 g/mol. The fourth-order valence-corrected chi connectivity index (χ4v) is 1.68. The molecule has 8 heteroatoms. The van der Waals surface area contributed by atoms with E-state index in [0.29, 0.717) is 11.5 Å². The lowest BCUT2D eigenvalue weighted by molar-refractivity contribution is -0.138. The highest BCUT2D eigenvalue weighted by Crippen LogP contribution is 2.06. The zero-order valence-electron chi connectivity index (χ0n) is 11.9. The van der Waals surface area contributed by atoms with E-state index in [0.717, 1.165) is 0 Å². The molecule has 8 nitrogen and oxygen atoms in total. The second-order valence-electron chi connectivity index (χ2n) is 4.73. The van der Waals surface area contributed by atoms with Gasteiger partial charge in [0.05, 0.1) is 12.2 Å². The van der Waals surface area contributed by atoms with E-state index in [1.165, 1.54) is 0 Å². The summed E-state index contributed by atoms with van der Waals surface area (Å²) in [5.41, 5.74) is 0.629. The summed E-state index contributed by atoms with van der Waals surface area (Å²) in [4.78, 5) is 41.5. The lowest BCUT2D eigenvalue weighted by Crippen LogP contribution is -2.39. The number of hydrogen-bond acceptors (Lipinski definition) is 5. The maximum Gasteiger partial charge on any atom is 0.321 e. The van der Waals surface area contributed by atoms with Gasteiger partial charge in [0.1, 0.15) is 5.82 Å². The minimum absolute atomic E-state index is 0.0215. The SMILES string of the molecule is Cc1nccc(CNC(=O)NC(=O)CC(C)CC(=O)O)n1. The molecule has 0 aromatic carbocycles. The number of amides is 3. The summed E-state index contributed by atoms with van der Waals surface area (Å²) in [6.07, 6.45) is 1.44. The molecule has 0 aliphatic heterocycles. The molecule has 0 spiro atoms. The normalized spacial score (nSPS) is 11.5. The first-order valence-corrected chi connectivity index (χ1v) is 6.45. The molecular weight excluding hydrogens is 276 g/mol. The Morgan fingerprint density at radius 2 is 2.05 bits per heavy atom. The van der Waals surface area contributed by atoms with Crippen LogP contribution in [0.5, 0.6) is 0 Å². The third-order valence-corrected chi connectivity index (χ3v) is 2.57. The Labute approximate surface area is 122 Å². The first-order valence-electron chi connectivity index (χ1n) is 6.45. The number of aliphatic carboxylic acids is 1. The minimum atomic E-state index is -0.973. The maximum atomic E-state index is 11.5. The Bertz CT molecular complexity index is 533. The van der Waals surface area contributed by atoms with E-state index < -0.39 is 17.9 Å². The number of carbonyl (C=O) groups excluding carboxylic acids is 2. The summed E-state index contributed by atoms with van der Waals surface area (Å²) >= 11 is 0. The van der Waals surface area contributed by atoms with Crippen LogP contribution < -0.4 is 10.6 Å². The molecule has 1 unspecified atom stereocenters. The Kier molecular flexibility index (Phi) is 6.25. The van der Waals surface area contributed by atoms with Gasteiger partial charge in [-0.25, -0.2) is 14.8 Å². The largest absolute Gasteiger partial charge is 0.481 e. The number of carboxylic acids is 1. The van der Waals surface area contributed by atoms with Crippen LogP contribution in [0.3, 0.4) is 0 Å². The van der Waals surface area contributed by atoms with Crippen LogP contribution in [-0.2, 0) is 16.1 Å². The fourth-order valence-electron chi connectivity index (χ4n) is 1.68. The Hall–Kier alpha value is -2.51. The molecule has 0 aliphatic rings. The average molecular weight is 294 g/mol. The molecule has 1 rings (SSSR count). The van der Waals surface area contributed by atoms with Gasteiger partial charge in [0.15, 0.2) is 0 Å². The molecule has 0 saturated carbocycles. The summed E-state index contributed by atoms with van der Waals surface area (Å²) in [6.45, 7) is 3.54. The number of rotatable bonds is 6. The number of aromatic nitrogens is 2. The lowest BCUT2D eigenvalue weighted by Gasteiger charge is -2.09. The number of nitrogens with zero attached hydrogens (tertiary/aromatic N) is 2.